The molecule has 28 heavy (non-hydrogen) atoms. The van der Waals surface area contributed by atoms with Gasteiger partial charge in [-0.15, -0.1) is 0 Å². The molecule has 150 valence electrons. The number of hydrogen-bond donors (Lipinski definition) is 2. The molecule has 4 rings (SSSR count). The molecule has 7 heteroatoms. The zero-order valence-corrected chi connectivity index (χ0v) is 16.5. The number of nitrogens with one attached hydrogen (secondary N) is 1. The standard InChI is InChI=1S/C21H26FN3O3/c1-11-18-16(25(14-4-5-14)10-15(20(18)26)21(27)28)8-17(19(11)22)24-7-6-13(9-24)12(2)23-3/h8,10,12-14,23H,4-7,9H2,1-3H3,(H,27,28)/t12-,13+/m1/s1. The van der Waals surface area contributed by atoms with Crippen molar-refractivity contribution in [2.24, 2.45) is 5.92 Å². The van der Waals surface area contributed by atoms with Crippen molar-refractivity contribution in [3.05, 3.63) is 39.4 Å². The molecule has 0 unspecified atom stereocenters. The van der Waals surface area contributed by atoms with Gasteiger partial charge in [0.2, 0.25) is 5.43 Å². The van der Waals surface area contributed by atoms with Gasteiger partial charge < -0.3 is 19.9 Å². The Morgan fingerprint density at radius 3 is 2.68 bits per heavy atom. The van der Waals surface area contributed by atoms with Gasteiger partial charge in [-0.1, -0.05) is 0 Å². The first-order valence-electron chi connectivity index (χ1n) is 9.87. The zero-order valence-electron chi connectivity index (χ0n) is 16.5. The van der Waals surface area contributed by atoms with E-state index in [0.717, 1.165) is 32.4 Å². The summed E-state index contributed by atoms with van der Waals surface area (Å²) in [6, 6.07) is 2.27. The first kappa shape index (κ1) is 18.9. The molecule has 0 spiro atoms. The number of anilines is 1. The number of nitrogens with zero attached hydrogens (tertiary/aromatic N) is 2. The molecule has 6 nitrogen and oxygen atoms in total. The SMILES string of the molecule is CN[C@H](C)[C@H]1CCN(c2cc3c(c(C)c2F)c(=O)c(C(=O)O)cn3C2CC2)C1. The van der Waals surface area contributed by atoms with E-state index in [1.54, 1.807) is 13.0 Å². The Hall–Kier alpha value is -2.41. The summed E-state index contributed by atoms with van der Waals surface area (Å²) >= 11 is 0. The fraction of sp³-hybridized carbons (Fsp3) is 0.524. The monoisotopic (exact) mass is 387 g/mol. The minimum atomic E-state index is -1.27. The van der Waals surface area contributed by atoms with Crippen LogP contribution in [0.2, 0.25) is 0 Å². The van der Waals surface area contributed by atoms with Crippen molar-refractivity contribution in [3.63, 3.8) is 0 Å². The Kier molecular flexibility index (Phi) is 4.65. The van der Waals surface area contributed by atoms with Crippen molar-refractivity contribution in [3.8, 4) is 0 Å². The minimum absolute atomic E-state index is 0.176. The third-order valence-electron chi connectivity index (χ3n) is 6.38. The minimum Gasteiger partial charge on any atom is -0.477 e. The Labute approximate surface area is 163 Å². The second-order valence-corrected chi connectivity index (χ2v) is 8.12. The number of pyridine rings is 1. The van der Waals surface area contributed by atoms with Crippen LogP contribution in [-0.4, -0.2) is 41.8 Å². The molecule has 2 fully saturated rings. The summed E-state index contributed by atoms with van der Waals surface area (Å²) < 4.78 is 17.2. The van der Waals surface area contributed by atoms with Crippen molar-refractivity contribution in [1.29, 1.82) is 0 Å². The van der Waals surface area contributed by atoms with E-state index in [4.69, 9.17) is 0 Å². The molecule has 2 atom stereocenters. The van der Waals surface area contributed by atoms with Crippen molar-refractivity contribution >= 4 is 22.6 Å². The molecule has 0 amide bonds. The van der Waals surface area contributed by atoms with Crippen molar-refractivity contribution in [2.45, 2.75) is 45.2 Å². The summed E-state index contributed by atoms with van der Waals surface area (Å²) in [5, 5.41) is 12.9. The average molecular weight is 387 g/mol. The number of carboxylic acids is 1. The van der Waals surface area contributed by atoms with Gasteiger partial charge >= 0.3 is 5.97 Å². The van der Waals surface area contributed by atoms with E-state index in [9.17, 15) is 14.7 Å². The zero-order chi connectivity index (χ0) is 20.2. The summed E-state index contributed by atoms with van der Waals surface area (Å²) in [5.74, 6) is -1.26. The first-order chi connectivity index (χ1) is 13.3. The Balaban J connectivity index is 1.88. The second kappa shape index (κ2) is 6.88. The molecule has 1 aliphatic carbocycles. The van der Waals surface area contributed by atoms with E-state index < -0.39 is 17.2 Å². The highest BCUT2D eigenvalue weighted by Gasteiger charge is 2.31. The number of carbonyl (C=O) groups is 1. The lowest BCUT2D eigenvalue weighted by molar-refractivity contribution is 0.0695. The smallest absolute Gasteiger partial charge is 0.341 e. The fourth-order valence-electron chi connectivity index (χ4n) is 4.34. The molecule has 2 N–H and O–H groups in total. The maximum atomic E-state index is 15.3. The summed E-state index contributed by atoms with van der Waals surface area (Å²) in [4.78, 5) is 26.4. The molecule has 1 saturated heterocycles. The second-order valence-electron chi connectivity index (χ2n) is 8.12. The highest BCUT2D eigenvalue weighted by Crippen LogP contribution is 2.39. The molecule has 1 aromatic carbocycles. The first-order valence-corrected chi connectivity index (χ1v) is 9.87. The van der Waals surface area contributed by atoms with Crippen molar-refractivity contribution < 1.29 is 14.3 Å². The van der Waals surface area contributed by atoms with Crippen LogP contribution in [-0.2, 0) is 0 Å². The van der Waals surface area contributed by atoms with Crippen LogP contribution in [0.3, 0.4) is 0 Å². The van der Waals surface area contributed by atoms with E-state index in [2.05, 4.69) is 12.2 Å². The van der Waals surface area contributed by atoms with Gasteiger partial charge in [-0.05, 0) is 52.1 Å². The van der Waals surface area contributed by atoms with Gasteiger partial charge in [-0.25, -0.2) is 9.18 Å². The van der Waals surface area contributed by atoms with Gasteiger partial charge in [0.1, 0.15) is 11.4 Å². The van der Waals surface area contributed by atoms with Gasteiger partial charge in [-0.3, -0.25) is 4.79 Å². The van der Waals surface area contributed by atoms with Crippen molar-refractivity contribution in [2.75, 3.05) is 25.0 Å². The Bertz CT molecular complexity index is 1010. The number of benzene rings is 1. The van der Waals surface area contributed by atoms with Gasteiger partial charge in [0, 0.05) is 36.9 Å². The Morgan fingerprint density at radius 1 is 1.36 bits per heavy atom. The number of aromatic nitrogens is 1. The molecule has 1 saturated carbocycles. The van der Waals surface area contributed by atoms with Crippen LogP contribution in [0.15, 0.2) is 17.1 Å². The summed E-state index contributed by atoms with van der Waals surface area (Å²) in [5.41, 5.74) is 0.480. The number of rotatable bonds is 5. The lowest BCUT2D eigenvalue weighted by Crippen LogP contribution is -2.33. The van der Waals surface area contributed by atoms with Crippen LogP contribution in [0.4, 0.5) is 10.1 Å². The number of hydrogen-bond acceptors (Lipinski definition) is 4. The van der Waals surface area contributed by atoms with Crippen LogP contribution in [0.5, 0.6) is 0 Å². The summed E-state index contributed by atoms with van der Waals surface area (Å²) in [6.45, 7) is 5.23. The van der Waals surface area contributed by atoms with Crippen LogP contribution in [0.1, 0.15) is 48.1 Å². The summed E-state index contributed by atoms with van der Waals surface area (Å²) in [7, 11) is 1.93. The predicted octanol–water partition coefficient (Wildman–Crippen LogP) is 2.92. The number of carboxylic acid groups (broad SMARTS) is 1. The van der Waals surface area contributed by atoms with Gasteiger partial charge in [0.05, 0.1) is 16.6 Å². The molecule has 2 heterocycles. The molecular formula is C21H26FN3O3. The fourth-order valence-corrected chi connectivity index (χ4v) is 4.34. The van der Waals surface area contributed by atoms with Gasteiger partial charge in [-0.2, -0.15) is 0 Å². The third kappa shape index (κ3) is 2.98. The molecule has 2 aromatic rings. The maximum absolute atomic E-state index is 15.3. The van der Waals surface area contributed by atoms with E-state index >= 15 is 4.39 Å². The van der Waals surface area contributed by atoms with E-state index in [1.165, 1.54) is 6.20 Å². The molecule has 2 aliphatic rings. The topological polar surface area (TPSA) is 74.6 Å². The van der Waals surface area contributed by atoms with Crippen LogP contribution in [0.25, 0.3) is 10.9 Å². The predicted molar refractivity (Wildman–Crippen MR) is 107 cm³/mol. The highest BCUT2D eigenvalue weighted by molar-refractivity contribution is 5.95. The number of halogens is 1. The van der Waals surface area contributed by atoms with E-state index in [0.29, 0.717) is 23.2 Å². The Morgan fingerprint density at radius 2 is 2.07 bits per heavy atom. The van der Waals surface area contributed by atoms with E-state index in [-0.39, 0.29) is 22.6 Å². The third-order valence-corrected chi connectivity index (χ3v) is 6.38. The molecule has 0 radical (unpaired) electrons. The van der Waals surface area contributed by atoms with Crippen molar-refractivity contribution in [1.82, 2.24) is 9.88 Å². The lowest BCUT2D eigenvalue weighted by Gasteiger charge is -2.24. The molecule has 1 aromatic heterocycles. The molecule has 0 bridgehead atoms. The van der Waals surface area contributed by atoms with Gasteiger partial charge in [0.15, 0.2) is 0 Å². The van der Waals surface area contributed by atoms with Crippen LogP contribution >= 0.6 is 0 Å². The normalized spacial score (nSPS) is 20.7. The quantitative estimate of drug-likeness (QED) is 0.825. The van der Waals surface area contributed by atoms with Crippen LogP contribution in [0, 0.1) is 18.7 Å². The lowest BCUT2D eigenvalue weighted by atomic mass is 10.0. The summed E-state index contributed by atoms with van der Waals surface area (Å²) in [6.07, 6.45) is 4.29. The molecule has 1 aliphatic heterocycles. The highest BCUT2D eigenvalue weighted by atomic mass is 19.1. The number of aryl methyl sites for hydroxylation is 1. The number of fused-ring (bicyclic) bond motifs is 1. The van der Waals surface area contributed by atoms with E-state index in [1.807, 2.05) is 16.5 Å². The van der Waals surface area contributed by atoms with Crippen LogP contribution < -0.4 is 15.6 Å². The number of aromatic carboxylic acids is 1. The molecular weight excluding hydrogens is 361 g/mol. The largest absolute Gasteiger partial charge is 0.477 e. The van der Waals surface area contributed by atoms with Gasteiger partial charge in [0.25, 0.3) is 0 Å². The maximum Gasteiger partial charge on any atom is 0.341 e. The average Bonchev–Trinajstić information content (AvgIpc) is 3.39.